The molecule has 1 saturated carbocycles. The molecule has 3 fully saturated rings. The Morgan fingerprint density at radius 2 is 1.37 bits per heavy atom. The summed E-state index contributed by atoms with van der Waals surface area (Å²) in [5.74, 6) is -5.51. The third kappa shape index (κ3) is 10.0. The first kappa shape index (κ1) is 31.8. The Labute approximate surface area is 215 Å². The summed E-state index contributed by atoms with van der Waals surface area (Å²) >= 11 is 0. The van der Waals surface area contributed by atoms with Gasteiger partial charge in [-0.3, -0.25) is 4.90 Å². The molecular weight excluding hydrogens is 528 g/mol. The summed E-state index contributed by atoms with van der Waals surface area (Å²) in [6, 6.07) is 1.67. The van der Waals surface area contributed by atoms with Gasteiger partial charge in [0.2, 0.25) is 0 Å². The summed E-state index contributed by atoms with van der Waals surface area (Å²) in [5, 5.41) is 32.5. The number of piperidine rings is 1. The highest BCUT2D eigenvalue weighted by Crippen LogP contribution is 2.29. The zero-order valence-electron chi connectivity index (χ0n) is 20.7. The van der Waals surface area contributed by atoms with Crippen molar-refractivity contribution in [3.05, 3.63) is 11.9 Å². The molecule has 1 aromatic rings. The maximum absolute atomic E-state index is 10.6. The maximum Gasteiger partial charge on any atom is 0.490 e. The fourth-order valence-corrected chi connectivity index (χ4v) is 4.87. The number of nitrogens with zero attached hydrogens (tertiary/aromatic N) is 5. The van der Waals surface area contributed by atoms with Gasteiger partial charge in [0.25, 0.3) is 0 Å². The van der Waals surface area contributed by atoms with Crippen LogP contribution in [-0.2, 0) is 16.1 Å². The van der Waals surface area contributed by atoms with E-state index in [0.717, 1.165) is 31.2 Å². The number of carboxylic acids is 2. The molecule has 0 radical (unpaired) electrons. The molecule has 38 heavy (non-hydrogen) atoms. The van der Waals surface area contributed by atoms with Crippen molar-refractivity contribution in [1.82, 2.24) is 24.8 Å². The second-order valence-corrected chi connectivity index (χ2v) is 9.45. The quantitative estimate of drug-likeness (QED) is 0.464. The van der Waals surface area contributed by atoms with Gasteiger partial charge in [0.05, 0.1) is 24.5 Å². The average molecular weight is 562 g/mol. The highest BCUT2D eigenvalue weighted by molar-refractivity contribution is 5.73. The molecule has 10 nitrogen and oxygen atoms in total. The van der Waals surface area contributed by atoms with Crippen molar-refractivity contribution in [2.45, 2.75) is 88.4 Å². The fourth-order valence-electron chi connectivity index (χ4n) is 4.87. The van der Waals surface area contributed by atoms with Gasteiger partial charge in [0.1, 0.15) is 0 Å². The number of carboxylic acid groups (broad SMARTS) is 2. The van der Waals surface area contributed by atoms with Crippen LogP contribution >= 0.6 is 0 Å². The lowest BCUT2D eigenvalue weighted by molar-refractivity contribution is -0.193. The minimum absolute atomic E-state index is 0.258. The van der Waals surface area contributed by atoms with E-state index >= 15 is 0 Å². The first-order valence-corrected chi connectivity index (χ1v) is 12.3. The molecule has 2 saturated heterocycles. The molecule has 0 spiro atoms. The Morgan fingerprint density at radius 1 is 0.842 bits per heavy atom. The van der Waals surface area contributed by atoms with Gasteiger partial charge in [0, 0.05) is 31.7 Å². The van der Waals surface area contributed by atoms with E-state index in [-0.39, 0.29) is 6.61 Å². The van der Waals surface area contributed by atoms with E-state index in [1.165, 1.54) is 58.0 Å². The van der Waals surface area contributed by atoms with Crippen LogP contribution in [0.4, 0.5) is 26.3 Å². The van der Waals surface area contributed by atoms with Crippen molar-refractivity contribution < 1.29 is 51.3 Å². The van der Waals surface area contributed by atoms with Crippen LogP contribution in [0.2, 0.25) is 0 Å². The molecule has 2 aliphatic heterocycles. The van der Waals surface area contributed by atoms with Gasteiger partial charge in [-0.05, 0) is 45.1 Å². The number of aromatic nitrogens is 3. The lowest BCUT2D eigenvalue weighted by atomic mass is 10.0. The second kappa shape index (κ2) is 14.1. The van der Waals surface area contributed by atoms with Gasteiger partial charge in [-0.25, -0.2) is 14.3 Å². The number of alkyl halides is 6. The molecule has 3 aliphatic rings. The number of carbonyl (C=O) groups is 2. The van der Waals surface area contributed by atoms with Crippen LogP contribution < -0.4 is 0 Å². The van der Waals surface area contributed by atoms with Gasteiger partial charge in [-0.1, -0.05) is 18.1 Å². The molecule has 16 heteroatoms. The summed E-state index contributed by atoms with van der Waals surface area (Å²) in [7, 11) is 0. The van der Waals surface area contributed by atoms with Crippen molar-refractivity contribution in [2.24, 2.45) is 0 Å². The van der Waals surface area contributed by atoms with E-state index in [9.17, 15) is 31.4 Å². The molecule has 3 heterocycles. The summed E-state index contributed by atoms with van der Waals surface area (Å²) in [6.07, 6.45) is 2.29. The molecule has 218 valence electrons. The van der Waals surface area contributed by atoms with Gasteiger partial charge in [0.15, 0.2) is 0 Å². The number of aliphatic hydroxyl groups excluding tert-OH is 1. The van der Waals surface area contributed by atoms with Crippen molar-refractivity contribution in [3.8, 4) is 0 Å². The first-order chi connectivity index (χ1) is 17.7. The third-order valence-electron chi connectivity index (χ3n) is 6.83. The van der Waals surface area contributed by atoms with Crippen molar-refractivity contribution >= 4 is 11.9 Å². The smallest absolute Gasteiger partial charge is 0.475 e. The molecule has 4 rings (SSSR count). The fraction of sp³-hybridized carbons (Fsp3) is 0.818. The standard InChI is InChI=1S/C18H31N5O.2C2HF3O2/c24-14-18-6-3-9-22(18)12-15-13-23(20-19-15)17-7-10-21(11-8-17)16-4-1-2-5-16;2*3-2(4,5)1(6)7/h13,16-18,24H,1-12,14H2;2*(H,6,7)/t18-;;/m0../s1. The predicted octanol–water partition coefficient (Wildman–Crippen LogP) is 3.08. The maximum atomic E-state index is 10.6. The van der Waals surface area contributed by atoms with Gasteiger partial charge < -0.3 is 20.2 Å². The van der Waals surface area contributed by atoms with Crippen LogP contribution in [0.25, 0.3) is 0 Å². The molecular formula is C22H33F6N5O5. The third-order valence-corrected chi connectivity index (χ3v) is 6.83. The van der Waals surface area contributed by atoms with E-state index in [1.807, 2.05) is 0 Å². The molecule has 1 atom stereocenters. The Kier molecular flexibility index (Phi) is 11.8. The number of halogens is 6. The molecule has 0 amide bonds. The van der Waals surface area contributed by atoms with Crippen LogP contribution in [0.1, 0.15) is 63.1 Å². The topological polar surface area (TPSA) is 132 Å². The normalized spacial score (nSPS) is 21.9. The van der Waals surface area contributed by atoms with E-state index in [4.69, 9.17) is 19.8 Å². The predicted molar refractivity (Wildman–Crippen MR) is 120 cm³/mol. The lowest BCUT2D eigenvalue weighted by Crippen LogP contribution is -2.40. The highest BCUT2D eigenvalue weighted by Gasteiger charge is 2.39. The minimum Gasteiger partial charge on any atom is -0.475 e. The Balaban J connectivity index is 0.000000301. The second-order valence-electron chi connectivity index (χ2n) is 9.45. The molecule has 1 aromatic heterocycles. The van der Waals surface area contributed by atoms with Gasteiger partial charge in [-0.2, -0.15) is 26.3 Å². The van der Waals surface area contributed by atoms with E-state index in [1.54, 1.807) is 0 Å². The number of hydrogen-bond acceptors (Lipinski definition) is 7. The van der Waals surface area contributed by atoms with Gasteiger partial charge in [-0.15, -0.1) is 5.10 Å². The lowest BCUT2D eigenvalue weighted by Gasteiger charge is -2.35. The van der Waals surface area contributed by atoms with Crippen LogP contribution in [0.5, 0.6) is 0 Å². The Bertz CT molecular complexity index is 859. The molecule has 0 unspecified atom stereocenters. The monoisotopic (exact) mass is 561 g/mol. The number of likely N-dealkylation sites (tertiary alicyclic amines) is 2. The largest absolute Gasteiger partial charge is 0.490 e. The van der Waals surface area contributed by atoms with Crippen LogP contribution in [0.15, 0.2) is 6.20 Å². The van der Waals surface area contributed by atoms with Crippen LogP contribution in [0.3, 0.4) is 0 Å². The first-order valence-electron chi connectivity index (χ1n) is 12.3. The number of hydrogen-bond donors (Lipinski definition) is 3. The minimum atomic E-state index is -5.08. The molecule has 1 aliphatic carbocycles. The Hall–Kier alpha value is -2.46. The van der Waals surface area contributed by atoms with Crippen LogP contribution in [0, 0.1) is 0 Å². The zero-order chi connectivity index (χ0) is 28.5. The number of aliphatic hydroxyl groups is 1. The Morgan fingerprint density at radius 3 is 1.84 bits per heavy atom. The summed E-state index contributed by atoms with van der Waals surface area (Å²) in [5.41, 5.74) is 1.05. The van der Waals surface area contributed by atoms with E-state index in [0.29, 0.717) is 12.1 Å². The highest BCUT2D eigenvalue weighted by atomic mass is 19.4. The number of aliphatic carboxylic acids is 2. The molecule has 0 aromatic carbocycles. The van der Waals surface area contributed by atoms with Crippen molar-refractivity contribution in [2.75, 3.05) is 26.2 Å². The SMILES string of the molecule is O=C(O)C(F)(F)F.O=C(O)C(F)(F)F.OC[C@@H]1CCCN1Cc1cn(C2CCN(C3CCCC3)CC2)nn1. The van der Waals surface area contributed by atoms with Crippen LogP contribution in [-0.4, -0.2) is 103 Å². The number of rotatable bonds is 5. The average Bonchev–Trinajstić information content (AvgIpc) is 3.61. The summed E-state index contributed by atoms with van der Waals surface area (Å²) in [6.45, 7) is 4.57. The summed E-state index contributed by atoms with van der Waals surface area (Å²) < 4.78 is 65.6. The summed E-state index contributed by atoms with van der Waals surface area (Å²) in [4.78, 5) is 22.8. The van der Waals surface area contributed by atoms with E-state index in [2.05, 4.69) is 31.0 Å². The molecule has 3 N–H and O–H groups in total. The van der Waals surface area contributed by atoms with E-state index < -0.39 is 24.3 Å². The molecule has 0 bridgehead atoms. The van der Waals surface area contributed by atoms with Crippen molar-refractivity contribution in [3.63, 3.8) is 0 Å². The van der Waals surface area contributed by atoms with Crippen molar-refractivity contribution in [1.29, 1.82) is 0 Å². The van der Waals surface area contributed by atoms with Gasteiger partial charge >= 0.3 is 24.3 Å². The zero-order valence-corrected chi connectivity index (χ0v) is 20.7.